The fourth-order valence-electron chi connectivity index (χ4n) is 4.84. The highest BCUT2D eigenvalue weighted by Gasteiger charge is 2.38. The quantitative estimate of drug-likeness (QED) is 0.780. The molecule has 0 aromatic heterocycles. The molecule has 0 radical (unpaired) electrons. The Labute approximate surface area is 107 Å². The van der Waals surface area contributed by atoms with Crippen molar-refractivity contribution in [2.75, 3.05) is 13.1 Å². The van der Waals surface area contributed by atoms with Crippen molar-refractivity contribution in [2.45, 2.75) is 58.3 Å². The van der Waals surface area contributed by atoms with Gasteiger partial charge in [0.25, 0.3) is 0 Å². The zero-order valence-electron chi connectivity index (χ0n) is 11.5. The van der Waals surface area contributed by atoms with Gasteiger partial charge >= 0.3 is 0 Å². The van der Waals surface area contributed by atoms with Gasteiger partial charge in [-0.05, 0) is 74.8 Å². The van der Waals surface area contributed by atoms with Crippen molar-refractivity contribution in [2.24, 2.45) is 29.6 Å². The van der Waals surface area contributed by atoms with Gasteiger partial charge in [0, 0.05) is 0 Å². The van der Waals surface area contributed by atoms with Gasteiger partial charge in [0.15, 0.2) is 0 Å². The Bertz CT molecular complexity index is 250. The van der Waals surface area contributed by atoms with Crippen LogP contribution in [0, 0.1) is 29.6 Å². The first kappa shape index (κ1) is 12.0. The Kier molecular flexibility index (Phi) is 3.75. The van der Waals surface area contributed by atoms with Crippen LogP contribution in [0.15, 0.2) is 0 Å². The zero-order chi connectivity index (χ0) is 11.7. The Morgan fingerprint density at radius 2 is 1.88 bits per heavy atom. The van der Waals surface area contributed by atoms with E-state index in [1.807, 2.05) is 0 Å². The van der Waals surface area contributed by atoms with Crippen LogP contribution in [0.4, 0.5) is 0 Å². The van der Waals surface area contributed by atoms with Crippen LogP contribution in [0.25, 0.3) is 0 Å². The lowest BCUT2D eigenvalue weighted by Gasteiger charge is -2.28. The molecule has 3 aliphatic carbocycles. The standard InChI is InChI=1S/C16H29N/c1-12-3-2-4-14(7-12)10-17-11-16-9-13-5-6-15(16)8-13/h12-17H,2-11H2,1H3. The molecule has 0 aromatic rings. The number of hydrogen-bond donors (Lipinski definition) is 1. The second-order valence-corrected chi connectivity index (χ2v) is 7.23. The molecule has 0 saturated heterocycles. The molecule has 0 aromatic carbocycles. The van der Waals surface area contributed by atoms with Crippen molar-refractivity contribution in [3.05, 3.63) is 0 Å². The molecule has 1 nitrogen and oxygen atoms in total. The maximum Gasteiger partial charge on any atom is -0.00176 e. The highest BCUT2D eigenvalue weighted by molar-refractivity contribution is 4.90. The van der Waals surface area contributed by atoms with Crippen LogP contribution in [0.1, 0.15) is 58.3 Å². The molecule has 5 unspecified atom stereocenters. The highest BCUT2D eigenvalue weighted by Crippen LogP contribution is 2.47. The van der Waals surface area contributed by atoms with E-state index >= 15 is 0 Å². The first-order chi connectivity index (χ1) is 8.31. The number of rotatable bonds is 4. The summed E-state index contributed by atoms with van der Waals surface area (Å²) >= 11 is 0. The summed E-state index contributed by atoms with van der Waals surface area (Å²) in [6.07, 6.45) is 12.1. The first-order valence-electron chi connectivity index (χ1n) is 8.02. The fourth-order valence-corrected chi connectivity index (χ4v) is 4.84. The van der Waals surface area contributed by atoms with Crippen LogP contribution in [0.2, 0.25) is 0 Å². The van der Waals surface area contributed by atoms with E-state index in [0.29, 0.717) is 0 Å². The van der Waals surface area contributed by atoms with Crippen molar-refractivity contribution in [1.29, 1.82) is 0 Å². The molecule has 3 rings (SSSR count). The Morgan fingerprint density at radius 1 is 0.941 bits per heavy atom. The summed E-state index contributed by atoms with van der Waals surface area (Å²) in [6.45, 7) is 5.06. The average molecular weight is 235 g/mol. The summed E-state index contributed by atoms with van der Waals surface area (Å²) in [5.41, 5.74) is 0. The molecule has 98 valence electrons. The lowest BCUT2D eigenvalue weighted by atomic mass is 9.82. The summed E-state index contributed by atoms with van der Waals surface area (Å²) in [4.78, 5) is 0. The number of fused-ring (bicyclic) bond motifs is 2. The highest BCUT2D eigenvalue weighted by atomic mass is 14.9. The van der Waals surface area contributed by atoms with E-state index in [-0.39, 0.29) is 0 Å². The predicted octanol–water partition coefficient (Wildman–Crippen LogP) is 3.84. The van der Waals surface area contributed by atoms with E-state index in [1.165, 1.54) is 45.2 Å². The summed E-state index contributed by atoms with van der Waals surface area (Å²) in [6, 6.07) is 0. The smallest absolute Gasteiger partial charge is 0.00176 e. The number of hydrogen-bond acceptors (Lipinski definition) is 1. The van der Waals surface area contributed by atoms with Crippen molar-refractivity contribution >= 4 is 0 Å². The van der Waals surface area contributed by atoms with Crippen molar-refractivity contribution in [3.63, 3.8) is 0 Å². The van der Waals surface area contributed by atoms with Crippen LogP contribution in [0.3, 0.4) is 0 Å². The lowest BCUT2D eigenvalue weighted by Crippen LogP contribution is -2.32. The molecule has 0 amide bonds. The molecule has 0 heterocycles. The second-order valence-electron chi connectivity index (χ2n) is 7.23. The van der Waals surface area contributed by atoms with Crippen LogP contribution < -0.4 is 5.32 Å². The predicted molar refractivity (Wildman–Crippen MR) is 72.9 cm³/mol. The minimum atomic E-state index is 0.984. The van der Waals surface area contributed by atoms with Gasteiger partial charge in [-0.2, -0.15) is 0 Å². The van der Waals surface area contributed by atoms with Crippen molar-refractivity contribution in [3.8, 4) is 0 Å². The van der Waals surface area contributed by atoms with Gasteiger partial charge in [0.1, 0.15) is 0 Å². The van der Waals surface area contributed by atoms with Gasteiger partial charge in [0.2, 0.25) is 0 Å². The van der Waals surface area contributed by atoms with Gasteiger partial charge in [-0.3, -0.25) is 0 Å². The normalized spacial score (nSPS) is 45.4. The first-order valence-corrected chi connectivity index (χ1v) is 8.02. The molecular weight excluding hydrogens is 206 g/mol. The minimum Gasteiger partial charge on any atom is -0.316 e. The van der Waals surface area contributed by atoms with E-state index in [0.717, 1.165) is 29.6 Å². The fraction of sp³-hybridized carbons (Fsp3) is 1.00. The van der Waals surface area contributed by atoms with E-state index < -0.39 is 0 Å². The maximum absolute atomic E-state index is 3.80. The Balaban J connectivity index is 1.35. The second kappa shape index (κ2) is 5.30. The van der Waals surface area contributed by atoms with E-state index in [9.17, 15) is 0 Å². The van der Waals surface area contributed by atoms with Crippen LogP contribution in [0.5, 0.6) is 0 Å². The van der Waals surface area contributed by atoms with Gasteiger partial charge in [-0.25, -0.2) is 0 Å². The van der Waals surface area contributed by atoms with Gasteiger partial charge in [-0.1, -0.05) is 26.2 Å². The largest absolute Gasteiger partial charge is 0.316 e. The molecule has 0 spiro atoms. The van der Waals surface area contributed by atoms with E-state index in [2.05, 4.69) is 12.2 Å². The maximum atomic E-state index is 3.80. The van der Waals surface area contributed by atoms with Crippen molar-refractivity contribution < 1.29 is 0 Å². The molecule has 0 aliphatic heterocycles. The van der Waals surface area contributed by atoms with Gasteiger partial charge in [0.05, 0.1) is 0 Å². The molecule has 1 heteroatoms. The third-order valence-electron chi connectivity index (χ3n) is 5.77. The topological polar surface area (TPSA) is 12.0 Å². The molecule has 1 N–H and O–H groups in total. The lowest BCUT2D eigenvalue weighted by molar-refractivity contribution is 0.258. The Morgan fingerprint density at radius 3 is 2.59 bits per heavy atom. The molecule has 3 aliphatic rings. The summed E-state index contributed by atoms with van der Waals surface area (Å²) < 4.78 is 0. The molecule has 3 fully saturated rings. The molecule has 2 bridgehead atoms. The average Bonchev–Trinajstić information content (AvgIpc) is 2.91. The van der Waals surface area contributed by atoms with E-state index in [4.69, 9.17) is 0 Å². The van der Waals surface area contributed by atoms with Crippen LogP contribution >= 0.6 is 0 Å². The van der Waals surface area contributed by atoms with Gasteiger partial charge < -0.3 is 5.32 Å². The SMILES string of the molecule is CC1CCCC(CNCC2CC3CCC2C3)C1. The summed E-state index contributed by atoms with van der Waals surface area (Å²) in [5, 5.41) is 3.80. The monoisotopic (exact) mass is 235 g/mol. The van der Waals surface area contributed by atoms with Gasteiger partial charge in [-0.15, -0.1) is 0 Å². The summed E-state index contributed by atoms with van der Waals surface area (Å²) in [5.74, 6) is 5.21. The molecular formula is C16H29N. The molecule has 17 heavy (non-hydrogen) atoms. The zero-order valence-corrected chi connectivity index (χ0v) is 11.5. The van der Waals surface area contributed by atoms with Crippen molar-refractivity contribution in [1.82, 2.24) is 5.32 Å². The third kappa shape index (κ3) is 2.86. The Hall–Kier alpha value is -0.0400. The minimum absolute atomic E-state index is 0.984. The summed E-state index contributed by atoms with van der Waals surface area (Å²) in [7, 11) is 0. The van der Waals surface area contributed by atoms with Crippen LogP contribution in [-0.2, 0) is 0 Å². The van der Waals surface area contributed by atoms with E-state index in [1.54, 1.807) is 19.3 Å². The third-order valence-corrected chi connectivity index (χ3v) is 5.77. The molecule has 3 saturated carbocycles. The van der Waals surface area contributed by atoms with Crippen LogP contribution in [-0.4, -0.2) is 13.1 Å². The molecule has 5 atom stereocenters. The number of nitrogens with one attached hydrogen (secondary N) is 1.